The van der Waals surface area contributed by atoms with Crippen LogP contribution >= 0.6 is 0 Å². The lowest BCUT2D eigenvalue weighted by Gasteiger charge is -2.13. The van der Waals surface area contributed by atoms with Gasteiger partial charge in [-0.2, -0.15) is 0 Å². The second kappa shape index (κ2) is 7.16. The van der Waals surface area contributed by atoms with E-state index in [1.807, 2.05) is 54.6 Å². The normalized spacial score (nSPS) is 10.7. The molecule has 1 aromatic heterocycles. The van der Waals surface area contributed by atoms with Crippen LogP contribution in [0.2, 0.25) is 0 Å². The fourth-order valence-corrected chi connectivity index (χ4v) is 2.80. The molecule has 1 N–H and O–H groups in total. The Labute approximate surface area is 136 Å². The highest BCUT2D eigenvalue weighted by Crippen LogP contribution is 2.32. The fraction of sp³-hybridized carbons (Fsp3) is 0.200. The Morgan fingerprint density at radius 3 is 2.22 bits per heavy atom. The average Bonchev–Trinajstić information content (AvgIpc) is 2.99. The molecule has 0 amide bonds. The van der Waals surface area contributed by atoms with Gasteiger partial charge < -0.3 is 14.4 Å². The molecule has 3 heteroatoms. The Morgan fingerprint density at radius 1 is 0.957 bits per heavy atom. The number of hydrogen-bond acceptors (Lipinski definition) is 2. The van der Waals surface area contributed by atoms with E-state index in [9.17, 15) is 5.11 Å². The van der Waals surface area contributed by atoms with Gasteiger partial charge in [0.05, 0.1) is 12.3 Å². The first kappa shape index (κ1) is 15.4. The van der Waals surface area contributed by atoms with Gasteiger partial charge in [-0.05, 0) is 18.1 Å². The molecular formula is C20H21NO2. The van der Waals surface area contributed by atoms with Crippen LogP contribution in [0.3, 0.4) is 0 Å². The smallest absolute Gasteiger partial charge is 0.194 e. The SMILES string of the molecule is CCn1c(OCc2ccccc2)cc(CO)c1-c1ccccc1. The van der Waals surface area contributed by atoms with E-state index in [0.29, 0.717) is 6.61 Å². The molecule has 3 rings (SSSR count). The van der Waals surface area contributed by atoms with Crippen molar-refractivity contribution in [3.05, 3.63) is 77.9 Å². The topological polar surface area (TPSA) is 34.4 Å². The third-order valence-corrected chi connectivity index (χ3v) is 3.90. The summed E-state index contributed by atoms with van der Waals surface area (Å²) in [5.41, 5.74) is 4.14. The van der Waals surface area contributed by atoms with E-state index in [1.54, 1.807) is 0 Å². The van der Waals surface area contributed by atoms with Crippen LogP contribution in [-0.4, -0.2) is 9.67 Å². The first-order chi connectivity index (χ1) is 11.3. The summed E-state index contributed by atoms with van der Waals surface area (Å²) in [6.07, 6.45) is 0. The maximum absolute atomic E-state index is 9.73. The van der Waals surface area contributed by atoms with Crippen molar-refractivity contribution in [1.82, 2.24) is 4.57 Å². The Morgan fingerprint density at radius 2 is 1.61 bits per heavy atom. The number of ether oxygens (including phenoxy) is 1. The van der Waals surface area contributed by atoms with Crippen molar-refractivity contribution in [2.75, 3.05) is 0 Å². The zero-order valence-corrected chi connectivity index (χ0v) is 13.3. The summed E-state index contributed by atoms with van der Waals surface area (Å²) in [6.45, 7) is 3.39. The third kappa shape index (κ3) is 3.30. The second-order valence-corrected chi connectivity index (χ2v) is 5.40. The van der Waals surface area contributed by atoms with Crippen molar-refractivity contribution in [2.45, 2.75) is 26.7 Å². The van der Waals surface area contributed by atoms with Gasteiger partial charge in [0.25, 0.3) is 0 Å². The van der Waals surface area contributed by atoms with E-state index in [1.165, 1.54) is 0 Å². The minimum Gasteiger partial charge on any atom is -0.474 e. The van der Waals surface area contributed by atoms with Gasteiger partial charge in [-0.1, -0.05) is 60.7 Å². The van der Waals surface area contributed by atoms with Crippen molar-refractivity contribution < 1.29 is 9.84 Å². The predicted octanol–water partition coefficient (Wildman–Crippen LogP) is 4.25. The Hall–Kier alpha value is -2.52. The Balaban J connectivity index is 1.93. The van der Waals surface area contributed by atoms with Gasteiger partial charge >= 0.3 is 0 Å². The lowest BCUT2D eigenvalue weighted by Crippen LogP contribution is -2.04. The predicted molar refractivity (Wildman–Crippen MR) is 92.2 cm³/mol. The van der Waals surface area contributed by atoms with Crippen molar-refractivity contribution in [1.29, 1.82) is 0 Å². The first-order valence-corrected chi connectivity index (χ1v) is 7.89. The lowest BCUT2D eigenvalue weighted by atomic mass is 10.1. The van der Waals surface area contributed by atoms with E-state index in [0.717, 1.165) is 34.8 Å². The molecule has 3 nitrogen and oxygen atoms in total. The number of rotatable bonds is 6. The van der Waals surface area contributed by atoms with Gasteiger partial charge in [0, 0.05) is 18.2 Å². The van der Waals surface area contributed by atoms with Crippen LogP contribution < -0.4 is 4.74 Å². The molecule has 0 aliphatic carbocycles. The Kier molecular flexibility index (Phi) is 4.79. The zero-order valence-electron chi connectivity index (χ0n) is 13.3. The van der Waals surface area contributed by atoms with Crippen LogP contribution in [0.25, 0.3) is 11.3 Å². The highest BCUT2D eigenvalue weighted by atomic mass is 16.5. The highest BCUT2D eigenvalue weighted by Gasteiger charge is 2.16. The molecule has 0 aliphatic rings. The molecule has 3 aromatic rings. The first-order valence-electron chi connectivity index (χ1n) is 7.89. The molecule has 0 aliphatic heterocycles. The average molecular weight is 307 g/mol. The number of hydrogen-bond donors (Lipinski definition) is 1. The summed E-state index contributed by atoms with van der Waals surface area (Å²) < 4.78 is 8.13. The zero-order chi connectivity index (χ0) is 16.1. The number of benzene rings is 2. The monoisotopic (exact) mass is 307 g/mol. The van der Waals surface area contributed by atoms with Gasteiger partial charge in [0.2, 0.25) is 0 Å². The van der Waals surface area contributed by atoms with Crippen LogP contribution in [0.5, 0.6) is 5.88 Å². The molecular weight excluding hydrogens is 286 g/mol. The minimum absolute atomic E-state index is 0.00107. The van der Waals surface area contributed by atoms with Crippen LogP contribution in [-0.2, 0) is 19.8 Å². The molecule has 0 saturated heterocycles. The minimum atomic E-state index is -0.00107. The summed E-state index contributed by atoms with van der Waals surface area (Å²) >= 11 is 0. The fourth-order valence-electron chi connectivity index (χ4n) is 2.80. The van der Waals surface area contributed by atoms with Crippen LogP contribution in [0.4, 0.5) is 0 Å². The largest absolute Gasteiger partial charge is 0.474 e. The highest BCUT2D eigenvalue weighted by molar-refractivity contribution is 5.66. The van der Waals surface area contributed by atoms with Crippen LogP contribution in [0.15, 0.2) is 66.7 Å². The van der Waals surface area contributed by atoms with Gasteiger partial charge in [0.1, 0.15) is 6.61 Å². The molecule has 0 spiro atoms. The summed E-state index contributed by atoms with van der Waals surface area (Å²) in [6, 6.07) is 22.2. The van der Waals surface area contributed by atoms with Crippen molar-refractivity contribution in [3.63, 3.8) is 0 Å². The second-order valence-electron chi connectivity index (χ2n) is 5.40. The molecule has 0 radical (unpaired) electrons. The van der Waals surface area contributed by atoms with E-state index >= 15 is 0 Å². The number of aliphatic hydroxyl groups excluding tert-OH is 1. The molecule has 0 unspecified atom stereocenters. The Bertz CT molecular complexity index is 748. The van der Waals surface area contributed by atoms with E-state index < -0.39 is 0 Å². The van der Waals surface area contributed by atoms with E-state index in [-0.39, 0.29) is 6.61 Å². The standard InChI is InChI=1S/C20H21NO2/c1-2-21-19(23-15-16-9-5-3-6-10-16)13-18(14-22)20(21)17-11-7-4-8-12-17/h3-13,22H,2,14-15H2,1H3. The lowest BCUT2D eigenvalue weighted by molar-refractivity contribution is 0.277. The summed E-state index contributed by atoms with van der Waals surface area (Å²) in [4.78, 5) is 0. The third-order valence-electron chi connectivity index (χ3n) is 3.90. The summed E-state index contributed by atoms with van der Waals surface area (Å²) in [7, 11) is 0. The molecule has 2 aromatic carbocycles. The summed E-state index contributed by atoms with van der Waals surface area (Å²) in [5.74, 6) is 0.791. The van der Waals surface area contributed by atoms with Crippen molar-refractivity contribution in [2.24, 2.45) is 0 Å². The molecule has 0 saturated carbocycles. The number of aromatic nitrogens is 1. The maximum atomic E-state index is 9.73. The van der Waals surface area contributed by atoms with Crippen LogP contribution in [0, 0.1) is 0 Å². The molecule has 1 heterocycles. The molecule has 0 atom stereocenters. The van der Waals surface area contributed by atoms with Gasteiger partial charge in [-0.15, -0.1) is 0 Å². The maximum Gasteiger partial charge on any atom is 0.194 e. The number of nitrogens with zero attached hydrogens (tertiary/aromatic N) is 1. The van der Waals surface area contributed by atoms with Gasteiger partial charge in [0.15, 0.2) is 5.88 Å². The number of aliphatic hydroxyl groups is 1. The van der Waals surface area contributed by atoms with Crippen molar-refractivity contribution in [3.8, 4) is 17.1 Å². The molecule has 23 heavy (non-hydrogen) atoms. The van der Waals surface area contributed by atoms with Gasteiger partial charge in [-0.25, -0.2) is 0 Å². The summed E-state index contributed by atoms with van der Waals surface area (Å²) in [5, 5.41) is 9.73. The molecule has 0 bridgehead atoms. The van der Waals surface area contributed by atoms with Crippen molar-refractivity contribution >= 4 is 0 Å². The van der Waals surface area contributed by atoms with Gasteiger partial charge in [-0.3, -0.25) is 0 Å². The molecule has 0 fully saturated rings. The van der Waals surface area contributed by atoms with E-state index in [2.05, 4.69) is 23.6 Å². The quantitative estimate of drug-likeness (QED) is 0.739. The molecule has 118 valence electrons. The van der Waals surface area contributed by atoms with E-state index in [4.69, 9.17) is 4.74 Å². The van der Waals surface area contributed by atoms with Crippen LogP contribution in [0.1, 0.15) is 18.1 Å².